The van der Waals surface area contributed by atoms with Gasteiger partial charge in [-0.1, -0.05) is 29.8 Å². The standard InChI is InChI=1S/C9H6ClN.N/c10-9-6-5-7-3-1-2-4-8(7)11-9;/h1-6H;. The Hall–Kier alpha value is -1.12. The van der Waals surface area contributed by atoms with Crippen LogP contribution >= 0.6 is 11.6 Å². The van der Waals surface area contributed by atoms with E-state index in [-0.39, 0.29) is 6.15 Å². The molecule has 0 aliphatic carbocycles. The van der Waals surface area contributed by atoms with Gasteiger partial charge in [-0.2, -0.15) is 0 Å². The van der Waals surface area contributed by atoms with E-state index in [4.69, 9.17) is 11.6 Å². The van der Waals surface area contributed by atoms with Gasteiger partial charge >= 0.3 is 0 Å². The first-order valence-electron chi connectivity index (χ1n) is 3.37. The van der Waals surface area contributed by atoms with Crippen molar-refractivity contribution in [3.63, 3.8) is 0 Å². The fourth-order valence-corrected chi connectivity index (χ4v) is 1.20. The number of halogens is 1. The summed E-state index contributed by atoms with van der Waals surface area (Å²) in [5.41, 5.74) is 0.944. The normalized spacial score (nSPS) is 9.42. The van der Waals surface area contributed by atoms with Crippen LogP contribution in [0, 0.1) is 0 Å². The molecule has 0 unspecified atom stereocenters. The maximum Gasteiger partial charge on any atom is 0.129 e. The lowest BCUT2D eigenvalue weighted by Gasteiger charge is -1.94. The number of aromatic nitrogens is 1. The summed E-state index contributed by atoms with van der Waals surface area (Å²) in [6.45, 7) is 0. The molecule has 0 bridgehead atoms. The Bertz CT molecular complexity index is 387. The summed E-state index contributed by atoms with van der Waals surface area (Å²) in [6.07, 6.45) is 0. The maximum absolute atomic E-state index is 5.71. The van der Waals surface area contributed by atoms with Crippen molar-refractivity contribution in [1.29, 1.82) is 0 Å². The van der Waals surface area contributed by atoms with Crippen LogP contribution in [0.5, 0.6) is 0 Å². The lowest BCUT2D eigenvalue weighted by atomic mass is 10.2. The molecule has 1 heterocycles. The van der Waals surface area contributed by atoms with Crippen molar-refractivity contribution in [2.75, 3.05) is 0 Å². The monoisotopic (exact) mass is 177 g/mol. The molecule has 0 saturated carbocycles. The van der Waals surface area contributed by atoms with Crippen molar-refractivity contribution in [2.45, 2.75) is 0 Å². The van der Waals surface area contributed by atoms with E-state index in [0.717, 1.165) is 10.9 Å². The van der Waals surface area contributed by atoms with Crippen molar-refractivity contribution >= 4 is 22.5 Å². The molecule has 0 amide bonds. The number of fused-ring (bicyclic) bond motifs is 1. The molecule has 3 heteroatoms. The zero-order valence-electron chi connectivity index (χ0n) is 6.24. The number of nitrogens with zero attached hydrogens (tertiary/aromatic N) is 2. The highest BCUT2D eigenvalue weighted by Crippen LogP contribution is 2.13. The highest BCUT2D eigenvalue weighted by atomic mass is 35.5. The molecule has 12 heavy (non-hydrogen) atoms. The summed E-state index contributed by atoms with van der Waals surface area (Å²) in [5.74, 6) is 0. The van der Waals surface area contributed by atoms with Crippen LogP contribution in [0.2, 0.25) is 5.15 Å². The molecule has 1 aromatic carbocycles. The quantitative estimate of drug-likeness (QED) is 0.570. The molecular weight excluding hydrogens is 172 g/mol. The van der Waals surface area contributed by atoms with E-state index in [1.54, 1.807) is 6.07 Å². The molecule has 0 aliphatic heterocycles. The SMILES string of the molecule is Clc1ccc2ccccc2n1.[N]. The van der Waals surface area contributed by atoms with Crippen LogP contribution in [-0.2, 0) is 0 Å². The van der Waals surface area contributed by atoms with Crippen molar-refractivity contribution in [3.05, 3.63) is 41.6 Å². The Morgan fingerprint density at radius 1 is 1.00 bits per heavy atom. The van der Waals surface area contributed by atoms with Gasteiger partial charge in [0.15, 0.2) is 0 Å². The summed E-state index contributed by atoms with van der Waals surface area (Å²) in [4.78, 5) is 4.14. The molecule has 0 fully saturated rings. The average molecular weight is 178 g/mol. The highest BCUT2D eigenvalue weighted by molar-refractivity contribution is 6.29. The number of pyridine rings is 1. The summed E-state index contributed by atoms with van der Waals surface area (Å²) in [6, 6.07) is 11.7. The summed E-state index contributed by atoms with van der Waals surface area (Å²) in [5, 5.41) is 1.67. The van der Waals surface area contributed by atoms with Crippen LogP contribution in [0.1, 0.15) is 0 Å². The second-order valence-corrected chi connectivity index (χ2v) is 2.71. The molecule has 2 rings (SSSR count). The molecule has 59 valence electrons. The number of rotatable bonds is 0. The van der Waals surface area contributed by atoms with E-state index in [1.165, 1.54) is 0 Å². The van der Waals surface area contributed by atoms with Crippen LogP contribution in [-0.4, -0.2) is 4.98 Å². The van der Waals surface area contributed by atoms with Crippen LogP contribution in [0.3, 0.4) is 0 Å². The first-order chi connectivity index (χ1) is 5.36. The molecule has 3 radical (unpaired) electrons. The van der Waals surface area contributed by atoms with Gasteiger partial charge in [0.05, 0.1) is 5.52 Å². The fraction of sp³-hybridized carbons (Fsp3) is 0. The van der Waals surface area contributed by atoms with E-state index in [1.807, 2.05) is 30.3 Å². The van der Waals surface area contributed by atoms with E-state index >= 15 is 0 Å². The number of benzene rings is 1. The fourth-order valence-electron chi connectivity index (χ4n) is 1.04. The predicted octanol–water partition coefficient (Wildman–Crippen LogP) is 2.41. The first kappa shape index (κ1) is 8.97. The third kappa shape index (κ3) is 1.55. The third-order valence-corrected chi connectivity index (χ3v) is 1.77. The zero-order valence-corrected chi connectivity index (χ0v) is 6.99. The molecule has 0 N–H and O–H groups in total. The molecular formula is C9H6ClN2. The predicted molar refractivity (Wildman–Crippen MR) is 48.9 cm³/mol. The topological polar surface area (TPSA) is 43.4 Å². The average Bonchev–Trinajstić information content (AvgIpc) is 2.04. The third-order valence-electron chi connectivity index (χ3n) is 1.56. The van der Waals surface area contributed by atoms with Gasteiger partial charge in [-0.05, 0) is 18.2 Å². The first-order valence-corrected chi connectivity index (χ1v) is 3.75. The largest absolute Gasteiger partial charge is 0.236 e. The van der Waals surface area contributed by atoms with Gasteiger partial charge in [0.1, 0.15) is 5.15 Å². The summed E-state index contributed by atoms with van der Waals surface area (Å²) < 4.78 is 0. The van der Waals surface area contributed by atoms with Gasteiger partial charge in [0.2, 0.25) is 0 Å². The lowest BCUT2D eigenvalue weighted by Crippen LogP contribution is -1.76. The lowest BCUT2D eigenvalue weighted by molar-refractivity contribution is 1.41. The van der Waals surface area contributed by atoms with Gasteiger partial charge in [0.25, 0.3) is 0 Å². The Balaban J connectivity index is 0.000000720. The van der Waals surface area contributed by atoms with Gasteiger partial charge in [0, 0.05) is 11.5 Å². The van der Waals surface area contributed by atoms with Crippen molar-refractivity contribution in [2.24, 2.45) is 0 Å². The minimum Gasteiger partial charge on any atom is -0.236 e. The second kappa shape index (κ2) is 3.52. The van der Waals surface area contributed by atoms with E-state index in [0.29, 0.717) is 5.15 Å². The molecule has 2 aromatic rings. The van der Waals surface area contributed by atoms with Crippen LogP contribution in [0.15, 0.2) is 36.4 Å². The Morgan fingerprint density at radius 2 is 1.75 bits per heavy atom. The van der Waals surface area contributed by atoms with Crippen LogP contribution in [0.25, 0.3) is 10.9 Å². The molecule has 0 atom stereocenters. The van der Waals surface area contributed by atoms with Gasteiger partial charge in [-0.15, -0.1) is 0 Å². The maximum atomic E-state index is 5.71. The van der Waals surface area contributed by atoms with E-state index in [2.05, 4.69) is 4.98 Å². The highest BCUT2D eigenvalue weighted by Gasteiger charge is 1.92. The van der Waals surface area contributed by atoms with Crippen molar-refractivity contribution < 1.29 is 0 Å². The summed E-state index contributed by atoms with van der Waals surface area (Å²) in [7, 11) is 0. The second-order valence-electron chi connectivity index (χ2n) is 2.33. The smallest absolute Gasteiger partial charge is 0.129 e. The van der Waals surface area contributed by atoms with E-state index < -0.39 is 0 Å². The Labute approximate surface area is 75.8 Å². The minimum atomic E-state index is 0. The number of para-hydroxylation sites is 1. The molecule has 2 nitrogen and oxygen atoms in total. The van der Waals surface area contributed by atoms with Crippen LogP contribution in [0.4, 0.5) is 0 Å². The summed E-state index contributed by atoms with van der Waals surface area (Å²) >= 11 is 5.71. The molecule has 0 aliphatic rings. The minimum absolute atomic E-state index is 0. The molecule has 1 aromatic heterocycles. The van der Waals surface area contributed by atoms with Gasteiger partial charge in [-0.25, -0.2) is 4.98 Å². The van der Waals surface area contributed by atoms with Crippen LogP contribution < -0.4 is 6.15 Å². The Morgan fingerprint density at radius 3 is 2.58 bits per heavy atom. The van der Waals surface area contributed by atoms with Crippen molar-refractivity contribution in [3.8, 4) is 0 Å². The van der Waals surface area contributed by atoms with Crippen molar-refractivity contribution in [1.82, 2.24) is 11.1 Å². The molecule has 0 saturated heterocycles. The number of hydrogen-bond acceptors (Lipinski definition) is 1. The Kier molecular flexibility index (Phi) is 2.63. The molecule has 0 spiro atoms. The van der Waals surface area contributed by atoms with Gasteiger partial charge < -0.3 is 0 Å². The zero-order chi connectivity index (χ0) is 7.68. The van der Waals surface area contributed by atoms with Gasteiger partial charge in [-0.3, -0.25) is 0 Å². The number of hydrogen-bond donors (Lipinski definition) is 0. The van der Waals surface area contributed by atoms with E-state index in [9.17, 15) is 0 Å².